The molecule has 0 N–H and O–H groups in total. The molecular weight excluding hydrogens is 328 g/mol. The summed E-state index contributed by atoms with van der Waals surface area (Å²) < 4.78 is 29.1. The average Bonchev–Trinajstić information content (AvgIpc) is 2.80. The normalized spacial score (nSPS) is 16.2. The summed E-state index contributed by atoms with van der Waals surface area (Å²) in [5.41, 5.74) is 1.08. The molecule has 1 amide bonds. The molecule has 1 saturated heterocycles. The van der Waals surface area contributed by atoms with Gasteiger partial charge in [-0.25, -0.2) is 8.42 Å². The summed E-state index contributed by atoms with van der Waals surface area (Å²) in [6, 6.07) is 7.83. The summed E-state index contributed by atoms with van der Waals surface area (Å²) in [4.78, 5) is 16.2. The van der Waals surface area contributed by atoms with Crippen molar-refractivity contribution in [3.63, 3.8) is 0 Å². The van der Waals surface area contributed by atoms with Crippen molar-refractivity contribution < 1.29 is 17.9 Å². The maximum absolute atomic E-state index is 12.3. The molecular formula is C17H26N2O4S. The molecule has 0 bridgehead atoms. The van der Waals surface area contributed by atoms with E-state index < -0.39 is 20.8 Å². The van der Waals surface area contributed by atoms with Gasteiger partial charge in [0.2, 0.25) is 5.91 Å². The Morgan fingerprint density at radius 2 is 1.79 bits per heavy atom. The molecule has 0 spiro atoms. The van der Waals surface area contributed by atoms with Crippen LogP contribution in [0.15, 0.2) is 24.3 Å². The first-order chi connectivity index (χ1) is 11.3. The lowest BCUT2D eigenvalue weighted by molar-refractivity contribution is -0.128. The quantitative estimate of drug-likeness (QED) is 0.803. The third-order valence-corrected chi connectivity index (χ3v) is 6.41. The van der Waals surface area contributed by atoms with Crippen LogP contribution in [0, 0.1) is 0 Å². The molecule has 1 aromatic rings. The van der Waals surface area contributed by atoms with Crippen LogP contribution in [-0.2, 0) is 14.6 Å². The molecule has 2 rings (SSSR count). The fraction of sp³-hybridized carbons (Fsp3) is 0.588. The Hall–Kier alpha value is -1.76. The summed E-state index contributed by atoms with van der Waals surface area (Å²) in [6.07, 6.45) is 0.819. The third kappa shape index (κ3) is 4.63. The molecule has 7 heteroatoms. The van der Waals surface area contributed by atoms with Crippen molar-refractivity contribution in [1.29, 1.82) is 0 Å². The molecule has 1 heterocycles. The number of anilines is 1. The fourth-order valence-electron chi connectivity index (χ4n) is 2.65. The number of hydrogen-bond donors (Lipinski definition) is 0. The number of nitrogens with zero attached hydrogens (tertiary/aromatic N) is 2. The third-order valence-electron chi connectivity index (χ3n) is 4.33. The maximum atomic E-state index is 12.3. The van der Waals surface area contributed by atoms with E-state index in [1.54, 1.807) is 25.9 Å². The molecule has 1 aliphatic heterocycles. The van der Waals surface area contributed by atoms with E-state index in [1.807, 2.05) is 24.3 Å². The van der Waals surface area contributed by atoms with Gasteiger partial charge in [0.25, 0.3) is 0 Å². The Morgan fingerprint density at radius 1 is 1.12 bits per heavy atom. The van der Waals surface area contributed by atoms with Crippen LogP contribution in [0.25, 0.3) is 0 Å². The number of hydrogen-bond acceptors (Lipinski definition) is 5. The van der Waals surface area contributed by atoms with Gasteiger partial charge in [-0.3, -0.25) is 4.79 Å². The molecule has 0 saturated carbocycles. The lowest BCUT2D eigenvalue weighted by Crippen LogP contribution is -2.39. The van der Waals surface area contributed by atoms with Crippen LogP contribution in [0.5, 0.6) is 5.75 Å². The first kappa shape index (κ1) is 18.6. The molecule has 0 atom stereocenters. The van der Waals surface area contributed by atoms with Crippen LogP contribution in [0.3, 0.4) is 0 Å². The van der Waals surface area contributed by atoms with Crippen LogP contribution in [-0.4, -0.2) is 63.5 Å². The van der Waals surface area contributed by atoms with E-state index in [4.69, 9.17) is 4.74 Å². The Morgan fingerprint density at radius 3 is 2.38 bits per heavy atom. The van der Waals surface area contributed by atoms with E-state index in [0.717, 1.165) is 24.4 Å². The monoisotopic (exact) mass is 354 g/mol. The first-order valence-corrected chi connectivity index (χ1v) is 9.93. The van der Waals surface area contributed by atoms with Gasteiger partial charge in [0, 0.05) is 31.9 Å². The lowest BCUT2D eigenvalue weighted by atomic mass is 10.2. The molecule has 1 fully saturated rings. The zero-order valence-corrected chi connectivity index (χ0v) is 15.4. The highest BCUT2D eigenvalue weighted by molar-refractivity contribution is 7.92. The summed E-state index contributed by atoms with van der Waals surface area (Å²) in [5.74, 6) is 0.122. The summed E-state index contributed by atoms with van der Waals surface area (Å²) in [5, 5.41) is -0.524. The Bertz CT molecular complexity index is 656. The van der Waals surface area contributed by atoms with Crippen LogP contribution in [0.2, 0.25) is 0 Å². The molecule has 0 unspecified atom stereocenters. The topological polar surface area (TPSA) is 66.9 Å². The second kappa shape index (κ2) is 7.88. The standard InChI is InChI=1S/C17H26N2O4S/c1-14(2)24(21,22)13-17(20)19-10-4-9-18(11-12-19)15-5-7-16(23-3)8-6-15/h5-8,14H,4,9-13H2,1-3H3. The molecule has 0 aromatic heterocycles. The Balaban J connectivity index is 1.98. The number of sulfone groups is 1. The van der Waals surface area contributed by atoms with Crippen molar-refractivity contribution >= 4 is 21.4 Å². The minimum atomic E-state index is -3.35. The fourth-order valence-corrected chi connectivity index (χ4v) is 3.51. The van der Waals surface area contributed by atoms with Gasteiger partial charge in [0.1, 0.15) is 11.5 Å². The smallest absolute Gasteiger partial charge is 0.237 e. The van der Waals surface area contributed by atoms with E-state index in [2.05, 4.69) is 4.90 Å². The molecule has 0 radical (unpaired) electrons. The van der Waals surface area contributed by atoms with Gasteiger partial charge in [-0.2, -0.15) is 0 Å². The number of ether oxygens (including phenoxy) is 1. The van der Waals surface area contributed by atoms with E-state index in [0.29, 0.717) is 19.6 Å². The first-order valence-electron chi connectivity index (χ1n) is 8.22. The number of carbonyl (C=O) groups is 1. The maximum Gasteiger partial charge on any atom is 0.237 e. The van der Waals surface area contributed by atoms with Crippen molar-refractivity contribution in [2.45, 2.75) is 25.5 Å². The minimum Gasteiger partial charge on any atom is -0.497 e. The molecule has 0 aliphatic carbocycles. The van der Waals surface area contributed by atoms with E-state index in [1.165, 1.54) is 0 Å². The molecule has 24 heavy (non-hydrogen) atoms. The largest absolute Gasteiger partial charge is 0.497 e. The van der Waals surface area contributed by atoms with E-state index >= 15 is 0 Å². The van der Waals surface area contributed by atoms with Crippen molar-refractivity contribution in [2.24, 2.45) is 0 Å². The highest BCUT2D eigenvalue weighted by atomic mass is 32.2. The Kier molecular flexibility index (Phi) is 6.10. The Labute approximate surface area is 144 Å². The van der Waals surface area contributed by atoms with Crippen LogP contribution in [0.4, 0.5) is 5.69 Å². The molecule has 1 aromatic carbocycles. The number of amides is 1. The predicted molar refractivity (Wildman–Crippen MR) is 95.3 cm³/mol. The van der Waals surface area contributed by atoms with Crippen LogP contribution in [0.1, 0.15) is 20.3 Å². The van der Waals surface area contributed by atoms with Gasteiger partial charge in [-0.15, -0.1) is 0 Å². The van der Waals surface area contributed by atoms with Gasteiger partial charge in [0.05, 0.1) is 12.4 Å². The molecule has 1 aliphatic rings. The van der Waals surface area contributed by atoms with Crippen LogP contribution >= 0.6 is 0 Å². The second-order valence-electron chi connectivity index (χ2n) is 6.28. The van der Waals surface area contributed by atoms with Gasteiger partial charge in [-0.05, 0) is 44.5 Å². The molecule has 134 valence electrons. The average molecular weight is 354 g/mol. The second-order valence-corrected chi connectivity index (χ2v) is 8.83. The summed E-state index contributed by atoms with van der Waals surface area (Å²) in [7, 11) is -1.72. The predicted octanol–water partition coefficient (Wildman–Crippen LogP) is 1.56. The number of rotatable bonds is 5. The highest BCUT2D eigenvalue weighted by Crippen LogP contribution is 2.20. The van der Waals surface area contributed by atoms with E-state index in [9.17, 15) is 13.2 Å². The van der Waals surface area contributed by atoms with Gasteiger partial charge >= 0.3 is 0 Å². The highest BCUT2D eigenvalue weighted by Gasteiger charge is 2.26. The number of methoxy groups -OCH3 is 1. The summed E-state index contributed by atoms with van der Waals surface area (Å²) >= 11 is 0. The molecule has 6 nitrogen and oxygen atoms in total. The number of benzene rings is 1. The van der Waals surface area contributed by atoms with Crippen molar-refractivity contribution in [1.82, 2.24) is 4.90 Å². The van der Waals surface area contributed by atoms with Gasteiger partial charge < -0.3 is 14.5 Å². The minimum absolute atomic E-state index is 0.291. The van der Waals surface area contributed by atoms with Gasteiger partial charge in [0.15, 0.2) is 9.84 Å². The van der Waals surface area contributed by atoms with Crippen molar-refractivity contribution in [2.75, 3.05) is 43.9 Å². The number of carbonyl (C=O) groups excluding carboxylic acids is 1. The zero-order valence-electron chi connectivity index (χ0n) is 14.6. The van der Waals surface area contributed by atoms with Crippen molar-refractivity contribution in [3.8, 4) is 5.75 Å². The SMILES string of the molecule is COc1ccc(N2CCCN(C(=O)CS(=O)(=O)C(C)C)CC2)cc1. The zero-order chi connectivity index (χ0) is 17.7. The van der Waals surface area contributed by atoms with Crippen LogP contribution < -0.4 is 9.64 Å². The van der Waals surface area contributed by atoms with Crippen molar-refractivity contribution in [3.05, 3.63) is 24.3 Å². The van der Waals surface area contributed by atoms with Gasteiger partial charge in [-0.1, -0.05) is 0 Å². The van der Waals surface area contributed by atoms with E-state index in [-0.39, 0.29) is 5.91 Å². The summed E-state index contributed by atoms with van der Waals surface area (Å²) in [6.45, 7) is 5.89. The lowest BCUT2D eigenvalue weighted by Gasteiger charge is -2.24.